The zero-order valence-electron chi connectivity index (χ0n) is 10.3. The van der Waals surface area contributed by atoms with E-state index in [1.54, 1.807) is 31.4 Å². The Balaban J connectivity index is 2.93. The largest absolute Gasteiger partial charge is 0.496 e. The summed E-state index contributed by atoms with van der Waals surface area (Å²) in [6.07, 6.45) is 2.96. The van der Waals surface area contributed by atoms with Crippen LogP contribution in [0.1, 0.15) is 25.8 Å². The van der Waals surface area contributed by atoms with E-state index in [0.29, 0.717) is 10.8 Å². The molecule has 0 saturated heterocycles. The van der Waals surface area contributed by atoms with Crippen molar-refractivity contribution in [3.63, 3.8) is 0 Å². The summed E-state index contributed by atoms with van der Waals surface area (Å²) in [7, 11) is -0.891. The zero-order valence-corrected chi connectivity index (χ0v) is 11.2. The van der Waals surface area contributed by atoms with Crippen LogP contribution >= 0.6 is 0 Å². The molecule has 0 aliphatic heterocycles. The molecule has 3 nitrogen and oxygen atoms in total. The van der Waals surface area contributed by atoms with Crippen LogP contribution in [0, 0.1) is 5.92 Å². The third-order valence-electron chi connectivity index (χ3n) is 2.36. The highest BCUT2D eigenvalue weighted by Crippen LogP contribution is 2.18. The molecule has 94 valence electrons. The summed E-state index contributed by atoms with van der Waals surface area (Å²) in [6, 6.07) is 6.69. The lowest BCUT2D eigenvalue weighted by molar-refractivity contribution is 0.367. The molecule has 0 atom stereocenters. The van der Waals surface area contributed by atoms with E-state index in [2.05, 4.69) is 13.8 Å². The standard InChI is InChI=1S/C13H18O3S/c1-10(2)4-9-13(16-3)11-5-7-12(8-6-11)17(14)15/h5-10,17H,4H2,1-3H3/b13-9+. The van der Waals surface area contributed by atoms with Gasteiger partial charge in [-0.25, -0.2) is 8.42 Å². The summed E-state index contributed by atoms with van der Waals surface area (Å²) in [5, 5.41) is 0. The van der Waals surface area contributed by atoms with Crippen molar-refractivity contribution >= 4 is 16.5 Å². The maximum atomic E-state index is 10.8. The maximum Gasteiger partial charge on any atom is 0.168 e. The van der Waals surface area contributed by atoms with Gasteiger partial charge in [0.25, 0.3) is 0 Å². The van der Waals surface area contributed by atoms with E-state index in [0.717, 1.165) is 17.7 Å². The molecule has 0 fully saturated rings. The summed E-state index contributed by atoms with van der Waals surface area (Å²) in [5.41, 5.74) is 0.897. The van der Waals surface area contributed by atoms with Crippen molar-refractivity contribution in [3.05, 3.63) is 35.9 Å². The molecule has 1 aromatic carbocycles. The first-order valence-electron chi connectivity index (χ1n) is 5.53. The molecule has 0 aliphatic rings. The Bertz CT molecular complexity index is 448. The predicted molar refractivity (Wildman–Crippen MR) is 69.5 cm³/mol. The van der Waals surface area contributed by atoms with Gasteiger partial charge in [-0.2, -0.15) is 0 Å². The minimum absolute atomic E-state index is 0.322. The summed E-state index contributed by atoms with van der Waals surface area (Å²) in [6.45, 7) is 4.27. The number of allylic oxidation sites excluding steroid dienone is 1. The van der Waals surface area contributed by atoms with Gasteiger partial charge in [-0.3, -0.25) is 0 Å². The fourth-order valence-electron chi connectivity index (χ4n) is 1.41. The van der Waals surface area contributed by atoms with Crippen LogP contribution in [-0.2, 0) is 15.4 Å². The van der Waals surface area contributed by atoms with E-state index in [9.17, 15) is 8.42 Å². The highest BCUT2D eigenvalue weighted by atomic mass is 32.2. The van der Waals surface area contributed by atoms with Crippen molar-refractivity contribution in [1.82, 2.24) is 0 Å². The molecule has 0 aliphatic carbocycles. The number of rotatable bonds is 5. The van der Waals surface area contributed by atoms with Crippen molar-refractivity contribution in [3.8, 4) is 0 Å². The first-order valence-corrected chi connectivity index (χ1v) is 6.71. The van der Waals surface area contributed by atoms with Crippen LogP contribution in [0.2, 0.25) is 0 Å². The normalized spacial score (nSPS) is 12.2. The van der Waals surface area contributed by atoms with Crippen molar-refractivity contribution in [2.45, 2.75) is 25.2 Å². The first-order chi connectivity index (χ1) is 8.04. The van der Waals surface area contributed by atoms with Gasteiger partial charge >= 0.3 is 0 Å². The van der Waals surface area contributed by atoms with Gasteiger partial charge in [0.1, 0.15) is 5.76 Å². The summed E-state index contributed by atoms with van der Waals surface area (Å²) >= 11 is 0. The third kappa shape index (κ3) is 4.23. The van der Waals surface area contributed by atoms with Crippen LogP contribution in [-0.4, -0.2) is 15.5 Å². The minimum Gasteiger partial charge on any atom is -0.496 e. The fourth-order valence-corrected chi connectivity index (χ4v) is 1.80. The molecule has 0 bridgehead atoms. The smallest absolute Gasteiger partial charge is 0.168 e. The van der Waals surface area contributed by atoms with Gasteiger partial charge in [-0.05, 0) is 42.7 Å². The minimum atomic E-state index is -2.51. The highest BCUT2D eigenvalue weighted by molar-refractivity contribution is 7.72. The fraction of sp³-hybridized carbons (Fsp3) is 0.385. The molecule has 0 spiro atoms. The average molecular weight is 254 g/mol. The Morgan fingerprint density at radius 2 is 1.88 bits per heavy atom. The van der Waals surface area contributed by atoms with Crippen LogP contribution in [0.3, 0.4) is 0 Å². The van der Waals surface area contributed by atoms with Crippen molar-refractivity contribution in [1.29, 1.82) is 0 Å². The van der Waals surface area contributed by atoms with Crippen molar-refractivity contribution in [2.24, 2.45) is 5.92 Å². The van der Waals surface area contributed by atoms with Gasteiger partial charge < -0.3 is 4.74 Å². The van der Waals surface area contributed by atoms with Crippen LogP contribution in [0.5, 0.6) is 0 Å². The number of ether oxygens (including phenoxy) is 1. The molecule has 0 aromatic heterocycles. The molecule has 4 heteroatoms. The first kappa shape index (κ1) is 13.8. The van der Waals surface area contributed by atoms with Crippen LogP contribution in [0.15, 0.2) is 35.2 Å². The maximum absolute atomic E-state index is 10.8. The van der Waals surface area contributed by atoms with Gasteiger partial charge in [-0.15, -0.1) is 0 Å². The molecule has 0 saturated carbocycles. The van der Waals surface area contributed by atoms with Crippen LogP contribution in [0.4, 0.5) is 0 Å². The van der Waals surface area contributed by atoms with Gasteiger partial charge in [0.15, 0.2) is 10.7 Å². The van der Waals surface area contributed by atoms with Gasteiger partial charge in [-0.1, -0.05) is 13.8 Å². The lowest BCUT2D eigenvalue weighted by atomic mass is 10.1. The summed E-state index contributed by atoms with van der Waals surface area (Å²) in [4.78, 5) is 0.322. The Kier molecular flexibility index (Phi) is 5.22. The number of methoxy groups -OCH3 is 1. The Labute approximate surface area is 104 Å². The van der Waals surface area contributed by atoms with Crippen molar-refractivity contribution in [2.75, 3.05) is 7.11 Å². The Morgan fingerprint density at radius 1 is 1.29 bits per heavy atom. The number of hydrogen-bond acceptors (Lipinski definition) is 3. The molecule has 0 heterocycles. The molecule has 0 N–H and O–H groups in total. The molecule has 1 aromatic rings. The zero-order chi connectivity index (χ0) is 12.8. The molecule has 0 radical (unpaired) electrons. The van der Waals surface area contributed by atoms with E-state index in [-0.39, 0.29) is 0 Å². The Hall–Kier alpha value is -1.29. The second-order valence-corrected chi connectivity index (χ2v) is 5.24. The molecule has 0 amide bonds. The lowest BCUT2D eigenvalue weighted by Gasteiger charge is -2.07. The van der Waals surface area contributed by atoms with E-state index >= 15 is 0 Å². The SMILES string of the molecule is CO/C(=C/CC(C)C)c1ccc([SH](=O)=O)cc1. The predicted octanol–water partition coefficient (Wildman–Crippen LogP) is 2.69. The van der Waals surface area contributed by atoms with E-state index in [1.165, 1.54) is 0 Å². The molecule has 1 rings (SSSR count). The molecular formula is C13H18O3S. The van der Waals surface area contributed by atoms with Crippen LogP contribution < -0.4 is 0 Å². The second-order valence-electron chi connectivity index (χ2n) is 4.21. The van der Waals surface area contributed by atoms with Gasteiger partial charge in [0, 0.05) is 5.56 Å². The summed E-state index contributed by atoms with van der Waals surface area (Å²) in [5.74, 6) is 1.35. The highest BCUT2D eigenvalue weighted by Gasteiger charge is 2.03. The van der Waals surface area contributed by atoms with Gasteiger partial charge in [0.05, 0.1) is 12.0 Å². The van der Waals surface area contributed by atoms with E-state index in [4.69, 9.17) is 4.74 Å². The number of hydrogen-bond donors (Lipinski definition) is 1. The van der Waals surface area contributed by atoms with E-state index in [1.807, 2.05) is 6.08 Å². The molecule has 0 unspecified atom stereocenters. The van der Waals surface area contributed by atoms with Crippen molar-refractivity contribution < 1.29 is 13.2 Å². The number of thiol groups is 1. The Morgan fingerprint density at radius 3 is 2.29 bits per heavy atom. The van der Waals surface area contributed by atoms with Crippen LogP contribution in [0.25, 0.3) is 5.76 Å². The lowest BCUT2D eigenvalue weighted by Crippen LogP contribution is -1.91. The average Bonchev–Trinajstić information content (AvgIpc) is 2.30. The molecule has 17 heavy (non-hydrogen) atoms. The topological polar surface area (TPSA) is 43.4 Å². The second kappa shape index (κ2) is 6.45. The molecular weight excluding hydrogens is 236 g/mol. The monoisotopic (exact) mass is 254 g/mol. The quantitative estimate of drug-likeness (QED) is 0.649. The third-order valence-corrected chi connectivity index (χ3v) is 3.08. The van der Waals surface area contributed by atoms with E-state index < -0.39 is 10.7 Å². The number of benzene rings is 1. The summed E-state index contributed by atoms with van der Waals surface area (Å²) < 4.78 is 26.8. The van der Waals surface area contributed by atoms with Gasteiger partial charge in [0.2, 0.25) is 0 Å².